The minimum absolute atomic E-state index is 0.0541. The van der Waals surface area contributed by atoms with Crippen molar-refractivity contribution in [2.45, 2.75) is 50.5 Å². The van der Waals surface area contributed by atoms with Gasteiger partial charge in [-0.15, -0.1) is 0 Å². The van der Waals surface area contributed by atoms with Gasteiger partial charge < -0.3 is 15.2 Å². The zero-order chi connectivity index (χ0) is 24.4. The number of carbonyl (C=O) groups excluding carboxylic acids is 2. The Morgan fingerprint density at radius 3 is 2.69 bits per heavy atom. The number of benzene rings is 2. The lowest BCUT2D eigenvalue weighted by atomic mass is 10.0. The average molecular weight is 474 g/mol. The van der Waals surface area contributed by atoms with Gasteiger partial charge in [-0.05, 0) is 37.1 Å². The van der Waals surface area contributed by atoms with E-state index in [-0.39, 0.29) is 29.9 Å². The number of hydrogen-bond donors (Lipinski definition) is 2. The van der Waals surface area contributed by atoms with E-state index in [0.29, 0.717) is 19.5 Å². The molecule has 0 unspecified atom stereocenters. The topological polar surface area (TPSA) is 69.6 Å². The lowest BCUT2D eigenvalue weighted by Gasteiger charge is -2.33. The summed E-state index contributed by atoms with van der Waals surface area (Å²) in [5.74, 6) is 0.161. The summed E-state index contributed by atoms with van der Waals surface area (Å²) in [6, 6.07) is 18.5. The summed E-state index contributed by atoms with van der Waals surface area (Å²) in [5, 5.41) is 7.45. The van der Waals surface area contributed by atoms with E-state index < -0.39 is 0 Å². The fraction of sp³-hybridized carbons (Fsp3) is 0.429. The lowest BCUT2D eigenvalue weighted by Crippen LogP contribution is -2.49. The summed E-state index contributed by atoms with van der Waals surface area (Å²) in [6.45, 7) is 2.78. The third-order valence-corrected chi connectivity index (χ3v) is 7.74. The van der Waals surface area contributed by atoms with E-state index in [2.05, 4.69) is 69.6 Å². The predicted molar refractivity (Wildman–Crippen MR) is 138 cm³/mol. The Balaban J connectivity index is 1.21. The maximum Gasteiger partial charge on any atom is 0.239 e. The Labute approximate surface area is 207 Å². The number of rotatable bonds is 7. The SMILES string of the molecule is CN1[C@@H](CCC(=O)NCc2ccccc2)CNC(=O)[C@@H]2[C@@H]1CCN2Cc1cn(C)c2ccccc12. The van der Waals surface area contributed by atoms with Crippen LogP contribution in [0.4, 0.5) is 0 Å². The third kappa shape index (κ3) is 4.97. The summed E-state index contributed by atoms with van der Waals surface area (Å²) in [5.41, 5.74) is 3.57. The number of fused-ring (bicyclic) bond motifs is 2. The maximum atomic E-state index is 13.2. The van der Waals surface area contributed by atoms with Crippen LogP contribution in [0.2, 0.25) is 0 Å². The van der Waals surface area contributed by atoms with Crippen molar-refractivity contribution in [2.75, 3.05) is 20.1 Å². The monoisotopic (exact) mass is 473 g/mol. The first-order valence-electron chi connectivity index (χ1n) is 12.6. The van der Waals surface area contributed by atoms with Gasteiger partial charge >= 0.3 is 0 Å². The third-order valence-electron chi connectivity index (χ3n) is 7.74. The first-order chi connectivity index (χ1) is 17.0. The quantitative estimate of drug-likeness (QED) is 0.554. The van der Waals surface area contributed by atoms with Gasteiger partial charge in [0.25, 0.3) is 0 Å². The number of aryl methyl sites for hydroxylation is 1. The van der Waals surface area contributed by atoms with Crippen LogP contribution in [-0.2, 0) is 29.7 Å². The Morgan fingerprint density at radius 1 is 1.09 bits per heavy atom. The van der Waals surface area contributed by atoms with Crippen LogP contribution in [-0.4, -0.2) is 64.4 Å². The highest BCUT2D eigenvalue weighted by molar-refractivity contribution is 5.85. The fourth-order valence-electron chi connectivity index (χ4n) is 5.78. The van der Waals surface area contributed by atoms with Crippen LogP contribution < -0.4 is 10.6 Å². The Bertz CT molecular complexity index is 1190. The molecule has 0 aliphatic carbocycles. The summed E-state index contributed by atoms with van der Waals surface area (Å²) >= 11 is 0. The number of likely N-dealkylation sites (tertiary alicyclic amines) is 1. The molecule has 3 heterocycles. The number of carbonyl (C=O) groups is 2. The largest absolute Gasteiger partial charge is 0.353 e. The normalized spacial score (nSPS) is 23.1. The summed E-state index contributed by atoms with van der Waals surface area (Å²) in [6.07, 6.45) is 4.32. The second-order valence-electron chi connectivity index (χ2n) is 9.92. The van der Waals surface area contributed by atoms with Crippen molar-refractivity contribution >= 4 is 22.7 Å². The number of nitrogens with zero attached hydrogens (tertiary/aromatic N) is 3. The summed E-state index contributed by atoms with van der Waals surface area (Å²) < 4.78 is 2.16. The Kier molecular flexibility index (Phi) is 6.88. The van der Waals surface area contributed by atoms with Gasteiger partial charge in [0.2, 0.25) is 11.8 Å². The fourth-order valence-corrected chi connectivity index (χ4v) is 5.78. The van der Waals surface area contributed by atoms with Crippen molar-refractivity contribution < 1.29 is 9.59 Å². The van der Waals surface area contributed by atoms with Crippen molar-refractivity contribution in [2.24, 2.45) is 7.05 Å². The van der Waals surface area contributed by atoms with E-state index in [1.54, 1.807) is 0 Å². The molecular formula is C28H35N5O2. The highest BCUT2D eigenvalue weighted by Crippen LogP contribution is 2.30. The first-order valence-corrected chi connectivity index (χ1v) is 12.6. The number of amides is 2. The van der Waals surface area contributed by atoms with E-state index in [0.717, 1.165) is 31.5 Å². The highest BCUT2D eigenvalue weighted by atomic mass is 16.2. The van der Waals surface area contributed by atoms with E-state index in [4.69, 9.17) is 0 Å². The second kappa shape index (κ2) is 10.2. The van der Waals surface area contributed by atoms with Crippen molar-refractivity contribution in [1.29, 1.82) is 0 Å². The van der Waals surface area contributed by atoms with Crippen LogP contribution in [0.25, 0.3) is 10.9 Å². The molecule has 2 N–H and O–H groups in total. The standard InChI is InChI=1S/C28H35N5O2/c1-31-18-21(23-10-6-7-11-24(23)31)19-33-15-14-25-27(33)28(35)30-17-22(32(25)2)12-13-26(34)29-16-20-8-4-3-5-9-20/h3-11,18,22,25,27H,12-17,19H2,1-2H3,(H,29,34)(H,30,35)/t22-,25-,27-/m0/s1. The summed E-state index contributed by atoms with van der Waals surface area (Å²) in [7, 11) is 4.19. The smallest absolute Gasteiger partial charge is 0.239 e. The number of para-hydroxylation sites is 1. The average Bonchev–Trinajstić information content (AvgIpc) is 3.40. The molecule has 3 aromatic rings. The van der Waals surface area contributed by atoms with Crippen LogP contribution >= 0.6 is 0 Å². The van der Waals surface area contributed by atoms with Gasteiger partial charge in [-0.3, -0.25) is 19.4 Å². The van der Waals surface area contributed by atoms with Gasteiger partial charge in [0.1, 0.15) is 6.04 Å². The Morgan fingerprint density at radius 2 is 1.86 bits per heavy atom. The number of hydrogen-bond acceptors (Lipinski definition) is 4. The molecule has 2 aromatic carbocycles. The molecule has 2 fully saturated rings. The maximum absolute atomic E-state index is 13.2. The van der Waals surface area contributed by atoms with Crippen LogP contribution in [0.5, 0.6) is 0 Å². The molecular weight excluding hydrogens is 438 g/mol. The number of aromatic nitrogens is 1. The van der Waals surface area contributed by atoms with Gasteiger partial charge in [-0.1, -0.05) is 48.5 Å². The van der Waals surface area contributed by atoms with E-state index in [1.165, 1.54) is 16.5 Å². The molecule has 2 saturated heterocycles. The van der Waals surface area contributed by atoms with Crippen LogP contribution in [0, 0.1) is 0 Å². The van der Waals surface area contributed by atoms with Gasteiger partial charge in [0.15, 0.2) is 0 Å². The van der Waals surface area contributed by atoms with Crippen molar-refractivity contribution in [3.05, 3.63) is 71.9 Å². The number of nitrogens with one attached hydrogen (secondary N) is 2. The molecule has 2 aliphatic rings. The van der Waals surface area contributed by atoms with Crippen LogP contribution in [0.15, 0.2) is 60.8 Å². The minimum Gasteiger partial charge on any atom is -0.353 e. The Hall–Kier alpha value is -3.16. The molecule has 0 saturated carbocycles. The molecule has 0 bridgehead atoms. The lowest BCUT2D eigenvalue weighted by molar-refractivity contribution is -0.126. The second-order valence-corrected chi connectivity index (χ2v) is 9.92. The van der Waals surface area contributed by atoms with Crippen LogP contribution in [0.1, 0.15) is 30.4 Å². The van der Waals surface area contributed by atoms with Gasteiger partial charge in [-0.2, -0.15) is 0 Å². The van der Waals surface area contributed by atoms with Crippen molar-refractivity contribution in [3.63, 3.8) is 0 Å². The molecule has 2 aliphatic heterocycles. The molecule has 0 radical (unpaired) electrons. The minimum atomic E-state index is -0.170. The molecule has 5 rings (SSSR count). The number of likely N-dealkylation sites (N-methyl/N-ethyl adjacent to an activating group) is 1. The molecule has 3 atom stereocenters. The summed E-state index contributed by atoms with van der Waals surface area (Å²) in [4.78, 5) is 30.3. The van der Waals surface area contributed by atoms with E-state index in [1.807, 2.05) is 30.3 Å². The molecule has 0 spiro atoms. The highest BCUT2D eigenvalue weighted by Gasteiger charge is 2.45. The zero-order valence-electron chi connectivity index (χ0n) is 20.6. The zero-order valence-corrected chi connectivity index (χ0v) is 20.6. The molecule has 7 nitrogen and oxygen atoms in total. The van der Waals surface area contributed by atoms with Gasteiger partial charge in [-0.25, -0.2) is 0 Å². The first kappa shape index (κ1) is 23.6. The van der Waals surface area contributed by atoms with Crippen LogP contribution in [0.3, 0.4) is 0 Å². The van der Waals surface area contributed by atoms with Gasteiger partial charge in [0.05, 0.1) is 0 Å². The predicted octanol–water partition coefficient (Wildman–Crippen LogP) is 2.65. The van der Waals surface area contributed by atoms with Crippen molar-refractivity contribution in [3.8, 4) is 0 Å². The van der Waals surface area contributed by atoms with Crippen molar-refractivity contribution in [1.82, 2.24) is 25.0 Å². The van der Waals surface area contributed by atoms with Gasteiger partial charge in [0, 0.05) is 68.8 Å². The van der Waals surface area contributed by atoms with E-state index >= 15 is 0 Å². The molecule has 1 aromatic heterocycles. The molecule has 7 heteroatoms. The molecule has 184 valence electrons. The van der Waals surface area contributed by atoms with E-state index in [9.17, 15) is 9.59 Å². The molecule has 35 heavy (non-hydrogen) atoms. The molecule has 2 amide bonds.